The Morgan fingerprint density at radius 3 is 1.37 bits per heavy atom. The maximum absolute atomic E-state index is 12.9. The molecule has 0 bridgehead atoms. The fraction of sp³-hybridized carbons (Fsp3) is 0.156. The minimum atomic E-state index is -4.87. The number of methoxy groups -OCH3 is 2. The number of rotatable bonds is 17. The van der Waals surface area contributed by atoms with E-state index in [1.807, 2.05) is 12.1 Å². The zero-order valence-electron chi connectivity index (χ0n) is 33.6. The van der Waals surface area contributed by atoms with Crippen LogP contribution in [0.25, 0.3) is 0 Å². The van der Waals surface area contributed by atoms with Gasteiger partial charge in [-0.05, 0) is 121 Å². The lowest BCUT2D eigenvalue weighted by molar-refractivity contribution is -0.274. The number of halogens is 3. The highest BCUT2D eigenvalue weighted by molar-refractivity contribution is 7.93. The van der Waals surface area contributed by atoms with Crippen LogP contribution < -0.4 is 23.7 Å². The summed E-state index contributed by atoms with van der Waals surface area (Å²) in [7, 11) is -4.96. The van der Waals surface area contributed by atoms with Gasteiger partial charge in [0.15, 0.2) is 11.5 Å². The van der Waals surface area contributed by atoms with E-state index in [1.54, 1.807) is 78.9 Å². The Bertz CT molecular complexity index is 2750. The van der Waals surface area contributed by atoms with Gasteiger partial charge in [-0.2, -0.15) is 0 Å². The maximum atomic E-state index is 12.9. The van der Waals surface area contributed by atoms with Gasteiger partial charge in [0.1, 0.15) is 5.75 Å². The smallest absolute Gasteiger partial charge is 0.493 e. The molecule has 4 N–H and O–H groups in total. The molecule has 63 heavy (non-hydrogen) atoms. The lowest BCUT2D eigenvalue weighted by Crippen LogP contribution is -2.17. The minimum absolute atomic E-state index is 0.0595. The highest BCUT2D eigenvalue weighted by Gasteiger charge is 2.31. The number of carboxylic acids is 2. The highest BCUT2D eigenvalue weighted by Crippen LogP contribution is 2.31. The molecule has 0 unspecified atom stereocenters. The quantitative estimate of drug-likeness (QED) is 0.0683. The van der Waals surface area contributed by atoms with Gasteiger partial charge in [0.2, 0.25) is 0 Å². The number of hydrogen-bond donors (Lipinski definition) is 4. The Kier molecular flexibility index (Phi) is 15.4. The Labute approximate surface area is 361 Å². The maximum Gasteiger partial charge on any atom is 0.573 e. The summed E-state index contributed by atoms with van der Waals surface area (Å²) < 4.78 is 107. The topological polar surface area (TPSA) is 195 Å². The second-order valence-electron chi connectivity index (χ2n) is 13.6. The van der Waals surface area contributed by atoms with Crippen molar-refractivity contribution in [2.45, 2.75) is 41.8 Å². The van der Waals surface area contributed by atoms with E-state index in [2.05, 4.69) is 14.2 Å². The number of anilines is 2. The van der Waals surface area contributed by atoms with Gasteiger partial charge in [-0.25, -0.2) is 26.4 Å². The van der Waals surface area contributed by atoms with E-state index in [-0.39, 0.29) is 20.9 Å². The predicted octanol–water partition coefficient (Wildman–Crippen LogP) is 8.86. The van der Waals surface area contributed by atoms with E-state index in [4.69, 9.17) is 19.7 Å². The molecule has 0 aliphatic rings. The number of aryl methyl sites for hydroxylation is 4. The molecule has 0 saturated carbocycles. The molecule has 18 heteroatoms. The van der Waals surface area contributed by atoms with Gasteiger partial charge in [0.25, 0.3) is 20.0 Å². The zero-order chi connectivity index (χ0) is 45.8. The van der Waals surface area contributed by atoms with E-state index >= 15 is 0 Å². The van der Waals surface area contributed by atoms with Crippen LogP contribution in [0.3, 0.4) is 0 Å². The van der Waals surface area contributed by atoms with Crippen LogP contribution in [0.1, 0.15) is 43.0 Å². The highest BCUT2D eigenvalue weighted by atomic mass is 32.2. The monoisotopic (exact) mass is 906 g/mol. The normalized spacial score (nSPS) is 11.4. The summed E-state index contributed by atoms with van der Waals surface area (Å²) in [5, 5.41) is 18.0. The lowest BCUT2D eigenvalue weighted by Gasteiger charge is -2.14. The van der Waals surface area contributed by atoms with Crippen LogP contribution in [0.5, 0.6) is 17.2 Å². The third-order valence-corrected chi connectivity index (χ3v) is 12.1. The first-order valence-corrected chi connectivity index (χ1v) is 21.8. The molecule has 0 spiro atoms. The molecule has 6 rings (SSSR count). The fourth-order valence-electron chi connectivity index (χ4n) is 6.07. The zero-order valence-corrected chi connectivity index (χ0v) is 35.3. The number of ether oxygens (including phenoxy) is 3. The summed E-state index contributed by atoms with van der Waals surface area (Å²) in [6, 6.07) is 35.3. The van der Waals surface area contributed by atoms with Crippen LogP contribution in [0.15, 0.2) is 149 Å². The third kappa shape index (κ3) is 13.5. The number of para-hydroxylation sites is 2. The number of benzene rings is 6. The molecule has 0 aliphatic carbocycles. The number of aromatic carboxylic acids is 2. The average Bonchev–Trinajstić information content (AvgIpc) is 3.25. The van der Waals surface area contributed by atoms with Gasteiger partial charge in [-0.3, -0.25) is 9.44 Å². The molecule has 6 aromatic rings. The standard InChI is InChI=1S/C23H23NO6S.C22H18F3NO5S/c1-29-21-14-13-19(15-22(21)30-2)31(27,28)24-20-6-4-3-5-17(20)10-7-16-8-11-18(12-9-16)23(25)26;23-22(24,25)31-18-11-13-19(14-12-18)32(29,30)26-20-4-2-1-3-16(20)8-5-15-6-9-17(10-7-15)21(27)28/h3-6,8-9,11-15,24H,7,10H2,1-2H3,(H,25,26);1-4,6-7,9-14,26H,5,8H2,(H,27,28). The lowest BCUT2D eigenvalue weighted by atomic mass is 10.0. The SMILES string of the molecule is COc1ccc(S(=O)(=O)Nc2ccccc2CCc2ccc(C(=O)O)cc2)cc1OC.O=C(O)c1ccc(CCc2ccccc2NS(=O)(=O)c2ccc(OC(F)(F)F)cc2)cc1. The summed E-state index contributed by atoms with van der Waals surface area (Å²) >= 11 is 0. The molecule has 0 atom stereocenters. The van der Waals surface area contributed by atoms with Crippen LogP contribution in [-0.4, -0.2) is 59.6 Å². The molecule has 0 amide bonds. The first kappa shape index (κ1) is 47.0. The van der Waals surface area contributed by atoms with E-state index in [0.29, 0.717) is 54.1 Å². The number of carbonyl (C=O) groups is 2. The van der Waals surface area contributed by atoms with Crippen molar-refractivity contribution in [2.75, 3.05) is 23.7 Å². The first-order valence-electron chi connectivity index (χ1n) is 18.8. The Morgan fingerprint density at radius 2 is 0.952 bits per heavy atom. The molecule has 0 radical (unpaired) electrons. The van der Waals surface area contributed by atoms with Gasteiger partial charge in [-0.1, -0.05) is 60.7 Å². The van der Waals surface area contributed by atoms with Crippen molar-refractivity contribution in [1.29, 1.82) is 0 Å². The van der Waals surface area contributed by atoms with Crippen molar-refractivity contribution in [1.82, 2.24) is 0 Å². The van der Waals surface area contributed by atoms with Crippen molar-refractivity contribution in [3.05, 3.63) is 173 Å². The summed E-state index contributed by atoms with van der Waals surface area (Å²) in [6.45, 7) is 0. The Balaban J connectivity index is 0.000000238. The van der Waals surface area contributed by atoms with Crippen LogP contribution >= 0.6 is 0 Å². The predicted molar refractivity (Wildman–Crippen MR) is 229 cm³/mol. The molecule has 0 aliphatic heterocycles. The van der Waals surface area contributed by atoms with Crippen molar-refractivity contribution in [2.24, 2.45) is 0 Å². The molecular weight excluding hydrogens is 866 g/mol. The van der Waals surface area contributed by atoms with Crippen molar-refractivity contribution in [3.63, 3.8) is 0 Å². The van der Waals surface area contributed by atoms with Crippen LogP contribution in [0.4, 0.5) is 24.5 Å². The summed E-state index contributed by atoms with van der Waals surface area (Å²) in [6.07, 6.45) is -2.64. The molecular formula is C45H41F3N2O11S2. The first-order chi connectivity index (χ1) is 29.9. The Morgan fingerprint density at radius 1 is 0.540 bits per heavy atom. The number of carboxylic acid groups (broad SMARTS) is 2. The molecule has 0 aromatic heterocycles. The van der Waals surface area contributed by atoms with Gasteiger partial charge < -0.3 is 24.4 Å². The van der Waals surface area contributed by atoms with Crippen molar-refractivity contribution in [3.8, 4) is 17.2 Å². The molecule has 13 nitrogen and oxygen atoms in total. The number of hydrogen-bond acceptors (Lipinski definition) is 9. The molecule has 330 valence electrons. The van der Waals surface area contributed by atoms with Crippen LogP contribution in [0, 0.1) is 0 Å². The molecule has 6 aromatic carbocycles. The largest absolute Gasteiger partial charge is 0.573 e. The third-order valence-electron chi connectivity index (χ3n) is 9.32. The van der Waals surface area contributed by atoms with Crippen molar-refractivity contribution >= 4 is 43.4 Å². The second-order valence-corrected chi connectivity index (χ2v) is 16.9. The second kappa shape index (κ2) is 20.7. The summed E-state index contributed by atoms with van der Waals surface area (Å²) in [5.74, 6) is -1.75. The summed E-state index contributed by atoms with van der Waals surface area (Å²) in [5.41, 5.74) is 4.60. The van der Waals surface area contributed by atoms with Gasteiger partial charge in [-0.15, -0.1) is 13.2 Å². The number of alkyl halides is 3. The van der Waals surface area contributed by atoms with E-state index in [9.17, 15) is 39.6 Å². The molecule has 0 fully saturated rings. The minimum Gasteiger partial charge on any atom is -0.493 e. The van der Waals surface area contributed by atoms with Gasteiger partial charge in [0, 0.05) is 6.07 Å². The molecule has 0 saturated heterocycles. The van der Waals surface area contributed by atoms with E-state index in [1.165, 1.54) is 38.5 Å². The van der Waals surface area contributed by atoms with Crippen LogP contribution in [0.2, 0.25) is 0 Å². The Hall–Kier alpha value is -7.05. The number of nitrogens with one attached hydrogen (secondary N) is 2. The van der Waals surface area contributed by atoms with Crippen molar-refractivity contribution < 1.29 is 64.0 Å². The average molecular weight is 907 g/mol. The van der Waals surface area contributed by atoms with E-state index < -0.39 is 44.1 Å². The number of sulfonamides is 2. The van der Waals surface area contributed by atoms with Gasteiger partial charge >= 0.3 is 18.3 Å². The fourth-order valence-corrected chi connectivity index (χ4v) is 8.29. The summed E-state index contributed by atoms with van der Waals surface area (Å²) in [4.78, 5) is 21.8. The van der Waals surface area contributed by atoms with Crippen LogP contribution in [-0.2, 0) is 45.7 Å². The van der Waals surface area contributed by atoms with E-state index in [0.717, 1.165) is 41.0 Å². The van der Waals surface area contributed by atoms with Gasteiger partial charge in [0.05, 0.1) is 46.5 Å². The molecule has 0 heterocycles.